The largest absolute Gasteiger partial charge is 0.388 e. The first kappa shape index (κ1) is 31.2. The summed E-state index contributed by atoms with van der Waals surface area (Å²) < 4.78 is 0. The van der Waals surface area contributed by atoms with Crippen molar-refractivity contribution >= 4 is 23.2 Å². The summed E-state index contributed by atoms with van der Waals surface area (Å²) in [5, 5.41) is 11.0. The standard InChI is InChI=1S/C34H50ClN3O/c1-3-4-5-6-7-8-9-10-11-12-13-14-15-16-17-22-33(39)38-34(31-27-29(35)23-24-32(31)36-2)30-21-19-18-20-28(30)25-26-37-34/h10-11,18-21,23-24,27,36-37H,3-9,12-17,22,25-26H2,1-2H3,(H,38,39)/b11-10-. The maximum Gasteiger partial charge on any atom is 0.221 e. The number of hydrogen-bond donors (Lipinski definition) is 3. The van der Waals surface area contributed by atoms with E-state index in [0.717, 1.165) is 42.6 Å². The van der Waals surface area contributed by atoms with Crippen LogP contribution >= 0.6 is 11.6 Å². The lowest BCUT2D eigenvalue weighted by molar-refractivity contribution is -0.123. The normalized spacial score (nSPS) is 16.8. The number of amides is 1. The van der Waals surface area contributed by atoms with Crippen LogP contribution in [0, 0.1) is 0 Å². The van der Waals surface area contributed by atoms with Crippen molar-refractivity contribution in [2.45, 2.75) is 109 Å². The Hall–Kier alpha value is -2.30. The Morgan fingerprint density at radius 3 is 2.28 bits per heavy atom. The average Bonchev–Trinajstić information content (AvgIpc) is 2.95. The zero-order valence-corrected chi connectivity index (χ0v) is 25.1. The molecule has 0 fully saturated rings. The molecule has 1 amide bonds. The van der Waals surface area contributed by atoms with E-state index in [2.05, 4.69) is 53.2 Å². The Morgan fingerprint density at radius 2 is 1.56 bits per heavy atom. The quantitative estimate of drug-likeness (QED) is 0.128. The van der Waals surface area contributed by atoms with Gasteiger partial charge in [-0.1, -0.05) is 106 Å². The summed E-state index contributed by atoms with van der Waals surface area (Å²) >= 11 is 6.45. The van der Waals surface area contributed by atoms with Crippen LogP contribution in [-0.2, 0) is 16.9 Å². The van der Waals surface area contributed by atoms with Gasteiger partial charge in [0.1, 0.15) is 5.66 Å². The molecule has 0 saturated carbocycles. The second kappa shape index (κ2) is 17.4. The second-order valence-corrected chi connectivity index (χ2v) is 11.3. The van der Waals surface area contributed by atoms with Crippen LogP contribution < -0.4 is 16.0 Å². The maximum absolute atomic E-state index is 13.3. The molecular weight excluding hydrogens is 502 g/mol. The summed E-state index contributed by atoms with van der Waals surface area (Å²) in [7, 11) is 1.91. The number of carbonyl (C=O) groups is 1. The lowest BCUT2D eigenvalue weighted by Crippen LogP contribution is -2.60. The highest BCUT2D eigenvalue weighted by atomic mass is 35.5. The van der Waals surface area contributed by atoms with Gasteiger partial charge in [-0.2, -0.15) is 0 Å². The Bertz CT molecular complexity index is 1040. The van der Waals surface area contributed by atoms with Gasteiger partial charge in [-0.25, -0.2) is 0 Å². The van der Waals surface area contributed by atoms with Gasteiger partial charge < -0.3 is 10.6 Å². The van der Waals surface area contributed by atoms with Crippen molar-refractivity contribution in [3.63, 3.8) is 0 Å². The van der Waals surface area contributed by atoms with E-state index in [-0.39, 0.29) is 5.91 Å². The van der Waals surface area contributed by atoms with Crippen molar-refractivity contribution in [3.05, 3.63) is 76.3 Å². The number of unbranched alkanes of at least 4 members (excludes halogenated alkanes) is 11. The van der Waals surface area contributed by atoms with E-state index in [1.165, 1.54) is 76.2 Å². The number of carbonyl (C=O) groups excluding carboxylic acids is 1. The molecule has 0 spiro atoms. The van der Waals surface area contributed by atoms with Crippen molar-refractivity contribution in [2.75, 3.05) is 18.9 Å². The molecule has 1 aliphatic rings. The summed E-state index contributed by atoms with van der Waals surface area (Å²) in [6.07, 6.45) is 22.4. The number of halogens is 1. The van der Waals surface area contributed by atoms with E-state index in [4.69, 9.17) is 11.6 Å². The predicted octanol–water partition coefficient (Wildman–Crippen LogP) is 8.88. The molecule has 2 aromatic rings. The van der Waals surface area contributed by atoms with Crippen molar-refractivity contribution in [1.29, 1.82) is 0 Å². The zero-order valence-electron chi connectivity index (χ0n) is 24.3. The Balaban J connectivity index is 1.44. The second-order valence-electron chi connectivity index (χ2n) is 10.9. The fraction of sp³-hybridized carbons (Fsp3) is 0.559. The molecule has 5 heteroatoms. The molecule has 3 N–H and O–H groups in total. The number of hydrogen-bond acceptors (Lipinski definition) is 3. The first-order valence-corrected chi connectivity index (χ1v) is 15.8. The van der Waals surface area contributed by atoms with Gasteiger partial charge in [0.2, 0.25) is 5.91 Å². The molecule has 1 atom stereocenters. The van der Waals surface area contributed by atoms with Crippen molar-refractivity contribution < 1.29 is 4.79 Å². The molecule has 214 valence electrons. The minimum Gasteiger partial charge on any atom is -0.388 e. The third-order valence-electron chi connectivity index (χ3n) is 7.85. The summed E-state index contributed by atoms with van der Waals surface area (Å²) in [4.78, 5) is 13.3. The maximum atomic E-state index is 13.3. The van der Waals surface area contributed by atoms with Crippen LogP contribution in [0.3, 0.4) is 0 Å². The lowest BCUT2D eigenvalue weighted by Gasteiger charge is -2.42. The van der Waals surface area contributed by atoms with Crippen LogP contribution in [0.15, 0.2) is 54.6 Å². The van der Waals surface area contributed by atoms with Crippen molar-refractivity contribution in [1.82, 2.24) is 10.6 Å². The first-order chi connectivity index (χ1) is 19.1. The molecule has 1 unspecified atom stereocenters. The molecule has 0 saturated heterocycles. The van der Waals surface area contributed by atoms with Crippen LogP contribution in [0.5, 0.6) is 0 Å². The van der Waals surface area contributed by atoms with Gasteiger partial charge in [0.15, 0.2) is 0 Å². The smallest absolute Gasteiger partial charge is 0.221 e. The molecule has 2 aromatic carbocycles. The number of fused-ring (bicyclic) bond motifs is 1. The van der Waals surface area contributed by atoms with Gasteiger partial charge in [0, 0.05) is 41.9 Å². The number of nitrogens with one attached hydrogen (secondary N) is 3. The van der Waals surface area contributed by atoms with E-state index in [9.17, 15) is 4.79 Å². The monoisotopic (exact) mass is 551 g/mol. The van der Waals surface area contributed by atoms with Gasteiger partial charge in [-0.3, -0.25) is 10.1 Å². The van der Waals surface area contributed by atoms with Gasteiger partial charge in [0.25, 0.3) is 0 Å². The van der Waals surface area contributed by atoms with Crippen molar-refractivity contribution in [3.8, 4) is 0 Å². The Morgan fingerprint density at radius 1 is 0.897 bits per heavy atom. The highest BCUT2D eigenvalue weighted by Gasteiger charge is 2.41. The van der Waals surface area contributed by atoms with E-state index >= 15 is 0 Å². The highest BCUT2D eigenvalue weighted by molar-refractivity contribution is 6.30. The zero-order chi connectivity index (χ0) is 27.8. The molecule has 0 aromatic heterocycles. The van der Waals surface area contributed by atoms with E-state index < -0.39 is 5.66 Å². The SMILES string of the molecule is CCCCCCCC/C=C\CCCCCCCC(=O)NC1(c2cc(Cl)ccc2NC)NCCc2ccccc21. The van der Waals surface area contributed by atoms with Gasteiger partial charge >= 0.3 is 0 Å². The van der Waals surface area contributed by atoms with Crippen LogP contribution in [0.2, 0.25) is 5.02 Å². The lowest BCUT2D eigenvalue weighted by atomic mass is 9.82. The summed E-state index contributed by atoms with van der Waals surface area (Å²) in [5.41, 5.74) is 3.43. The third-order valence-corrected chi connectivity index (χ3v) is 8.09. The molecule has 0 aliphatic carbocycles. The fourth-order valence-corrected chi connectivity index (χ4v) is 5.85. The number of rotatable bonds is 18. The molecular formula is C34H50ClN3O. The molecule has 1 aliphatic heterocycles. The number of anilines is 1. The minimum absolute atomic E-state index is 0.0684. The third kappa shape index (κ3) is 9.69. The molecule has 0 bridgehead atoms. The topological polar surface area (TPSA) is 53.2 Å². The molecule has 3 rings (SSSR count). The fourth-order valence-electron chi connectivity index (χ4n) is 5.68. The van der Waals surface area contributed by atoms with E-state index in [1.807, 2.05) is 31.3 Å². The van der Waals surface area contributed by atoms with Gasteiger partial charge in [0.05, 0.1) is 0 Å². The Labute approximate surface area is 242 Å². The number of allylic oxidation sites excluding steroid dienone is 2. The molecule has 4 nitrogen and oxygen atoms in total. The van der Waals surface area contributed by atoms with Crippen LogP contribution in [0.1, 0.15) is 114 Å². The Kier molecular flexibility index (Phi) is 13.9. The highest BCUT2D eigenvalue weighted by Crippen LogP contribution is 2.38. The minimum atomic E-state index is -0.809. The van der Waals surface area contributed by atoms with Crippen LogP contribution in [-0.4, -0.2) is 19.5 Å². The van der Waals surface area contributed by atoms with Gasteiger partial charge in [-0.05, 0) is 62.3 Å². The summed E-state index contributed by atoms with van der Waals surface area (Å²) in [6.45, 7) is 3.05. The van der Waals surface area contributed by atoms with E-state index in [0.29, 0.717) is 11.4 Å². The average molecular weight is 552 g/mol. The first-order valence-electron chi connectivity index (χ1n) is 15.4. The summed E-state index contributed by atoms with van der Waals surface area (Å²) in [6, 6.07) is 14.2. The molecule has 39 heavy (non-hydrogen) atoms. The number of benzene rings is 2. The molecule has 0 radical (unpaired) electrons. The summed E-state index contributed by atoms with van der Waals surface area (Å²) in [5.74, 6) is 0.0684. The van der Waals surface area contributed by atoms with Gasteiger partial charge in [-0.15, -0.1) is 0 Å². The molecule has 1 heterocycles. The van der Waals surface area contributed by atoms with Crippen LogP contribution in [0.4, 0.5) is 5.69 Å². The predicted molar refractivity (Wildman–Crippen MR) is 168 cm³/mol. The van der Waals surface area contributed by atoms with Crippen molar-refractivity contribution in [2.24, 2.45) is 0 Å². The van der Waals surface area contributed by atoms with Crippen LogP contribution in [0.25, 0.3) is 0 Å². The van der Waals surface area contributed by atoms with E-state index in [1.54, 1.807) is 0 Å².